The molecule has 0 spiro atoms. The summed E-state index contributed by atoms with van der Waals surface area (Å²) in [5, 5.41) is 0. The third kappa shape index (κ3) is 4.05. The second-order valence-electron chi connectivity index (χ2n) is 3.37. The fraction of sp³-hybridized carbons (Fsp3) is 0.333. The monoisotopic (exact) mass is 237 g/mol. The average molecular weight is 237 g/mol. The van der Waals surface area contributed by atoms with Crippen LogP contribution in [-0.4, -0.2) is 15.0 Å². The first-order chi connectivity index (χ1) is 7.67. The molecule has 4 heteroatoms. The van der Waals surface area contributed by atoms with Crippen LogP contribution in [0.1, 0.15) is 19.3 Å². The van der Waals surface area contributed by atoms with Crippen LogP contribution in [0.15, 0.2) is 35.2 Å². The highest BCUT2D eigenvalue weighted by atomic mass is 32.2. The van der Waals surface area contributed by atoms with Crippen molar-refractivity contribution in [2.24, 2.45) is 0 Å². The molecule has 0 unspecified atom stereocenters. The first-order valence-corrected chi connectivity index (χ1v) is 6.63. The minimum absolute atomic E-state index is 0.298. The molecule has 0 saturated heterocycles. The summed E-state index contributed by atoms with van der Waals surface area (Å²) in [6.45, 7) is 0.429. The number of hydrogen-bond acceptors (Lipinski definition) is 2. The van der Waals surface area contributed by atoms with Gasteiger partial charge in [-0.25, -0.2) is 13.1 Å². The first-order valence-electron chi connectivity index (χ1n) is 5.15. The molecule has 16 heavy (non-hydrogen) atoms. The summed E-state index contributed by atoms with van der Waals surface area (Å²) in [4.78, 5) is 0.298. The standard InChI is InChI=1S/C12H15NO2S/c1-2-3-4-8-11-13-16(14,15)12-9-6-5-7-10-12/h1,5-7,9-10,13H,3-4,8,11H2. The van der Waals surface area contributed by atoms with Crippen molar-refractivity contribution in [2.45, 2.75) is 24.2 Å². The number of nitrogens with one attached hydrogen (secondary N) is 1. The molecule has 0 fully saturated rings. The van der Waals surface area contributed by atoms with Gasteiger partial charge in [0.2, 0.25) is 10.0 Å². The highest BCUT2D eigenvalue weighted by Crippen LogP contribution is 2.07. The van der Waals surface area contributed by atoms with Crippen LogP contribution in [0, 0.1) is 12.3 Å². The average Bonchev–Trinajstić information content (AvgIpc) is 2.30. The van der Waals surface area contributed by atoms with E-state index in [1.165, 1.54) is 0 Å². The van der Waals surface area contributed by atoms with Crippen LogP contribution >= 0.6 is 0 Å². The molecular formula is C12H15NO2S. The van der Waals surface area contributed by atoms with E-state index in [2.05, 4.69) is 10.6 Å². The van der Waals surface area contributed by atoms with E-state index < -0.39 is 10.0 Å². The fourth-order valence-corrected chi connectivity index (χ4v) is 2.34. The molecule has 0 radical (unpaired) electrons. The molecule has 3 nitrogen and oxygen atoms in total. The highest BCUT2D eigenvalue weighted by Gasteiger charge is 2.11. The third-order valence-corrected chi connectivity index (χ3v) is 3.57. The summed E-state index contributed by atoms with van der Waals surface area (Å²) in [7, 11) is -3.35. The Hall–Kier alpha value is -1.31. The smallest absolute Gasteiger partial charge is 0.211 e. The second kappa shape index (κ2) is 6.31. The van der Waals surface area contributed by atoms with Crippen LogP contribution in [0.3, 0.4) is 0 Å². The van der Waals surface area contributed by atoms with E-state index >= 15 is 0 Å². The molecule has 1 aromatic carbocycles. The number of unbranched alkanes of at least 4 members (excludes halogenated alkanes) is 2. The Bertz CT molecular complexity index is 446. The molecule has 0 aliphatic rings. The van der Waals surface area contributed by atoms with Crippen LogP contribution < -0.4 is 4.72 Å². The number of rotatable bonds is 6. The predicted octanol–water partition coefficient (Wildman–Crippen LogP) is 1.77. The summed E-state index contributed by atoms with van der Waals surface area (Å²) < 4.78 is 26.0. The van der Waals surface area contributed by atoms with Crippen LogP contribution in [0.5, 0.6) is 0 Å². The van der Waals surface area contributed by atoms with Crippen LogP contribution in [0.4, 0.5) is 0 Å². The fourth-order valence-electron chi connectivity index (χ4n) is 1.24. The molecule has 0 aliphatic heterocycles. The van der Waals surface area contributed by atoms with E-state index in [4.69, 9.17) is 6.42 Å². The maximum Gasteiger partial charge on any atom is 0.240 e. The van der Waals surface area contributed by atoms with Crippen molar-refractivity contribution < 1.29 is 8.42 Å². The number of benzene rings is 1. The van der Waals surface area contributed by atoms with Crippen molar-refractivity contribution >= 4 is 10.0 Å². The Labute approximate surface area is 96.9 Å². The lowest BCUT2D eigenvalue weighted by atomic mass is 10.2. The Balaban J connectivity index is 2.45. The summed E-state index contributed by atoms with van der Waals surface area (Å²) in [6, 6.07) is 8.33. The predicted molar refractivity (Wildman–Crippen MR) is 64.3 cm³/mol. The Morgan fingerprint density at radius 2 is 1.88 bits per heavy atom. The van der Waals surface area contributed by atoms with Crippen molar-refractivity contribution in [3.63, 3.8) is 0 Å². The molecule has 0 aromatic heterocycles. The Morgan fingerprint density at radius 3 is 2.50 bits per heavy atom. The van der Waals surface area contributed by atoms with Gasteiger partial charge in [-0.15, -0.1) is 12.3 Å². The van der Waals surface area contributed by atoms with E-state index in [0.29, 0.717) is 17.9 Å². The molecule has 0 atom stereocenters. The topological polar surface area (TPSA) is 46.2 Å². The second-order valence-corrected chi connectivity index (χ2v) is 5.14. The third-order valence-electron chi connectivity index (χ3n) is 2.09. The minimum atomic E-state index is -3.35. The van der Waals surface area contributed by atoms with E-state index in [1.807, 2.05) is 0 Å². The van der Waals surface area contributed by atoms with Gasteiger partial charge in [-0.1, -0.05) is 18.2 Å². The highest BCUT2D eigenvalue weighted by molar-refractivity contribution is 7.89. The van der Waals surface area contributed by atoms with Gasteiger partial charge in [-0.05, 0) is 25.0 Å². The van der Waals surface area contributed by atoms with Crippen molar-refractivity contribution in [2.75, 3.05) is 6.54 Å². The van der Waals surface area contributed by atoms with E-state index in [9.17, 15) is 8.42 Å². The van der Waals surface area contributed by atoms with Crippen molar-refractivity contribution in [3.05, 3.63) is 30.3 Å². The Morgan fingerprint density at radius 1 is 1.19 bits per heavy atom. The molecule has 0 aliphatic carbocycles. The van der Waals surface area contributed by atoms with Gasteiger partial charge in [-0.2, -0.15) is 0 Å². The van der Waals surface area contributed by atoms with Gasteiger partial charge in [0.05, 0.1) is 4.90 Å². The minimum Gasteiger partial charge on any atom is -0.211 e. The van der Waals surface area contributed by atoms with E-state index in [0.717, 1.165) is 12.8 Å². The van der Waals surface area contributed by atoms with Gasteiger partial charge in [0.15, 0.2) is 0 Å². The Kier molecular flexibility index (Phi) is 5.03. The van der Waals surface area contributed by atoms with Crippen LogP contribution in [0.25, 0.3) is 0 Å². The molecule has 0 heterocycles. The van der Waals surface area contributed by atoms with Gasteiger partial charge >= 0.3 is 0 Å². The lowest BCUT2D eigenvalue weighted by molar-refractivity contribution is 0.577. The largest absolute Gasteiger partial charge is 0.240 e. The molecule has 0 amide bonds. The maximum atomic E-state index is 11.7. The zero-order chi connectivity index (χ0) is 11.9. The SMILES string of the molecule is C#CCCCCNS(=O)(=O)c1ccccc1. The van der Waals surface area contributed by atoms with Crippen LogP contribution in [0.2, 0.25) is 0 Å². The quantitative estimate of drug-likeness (QED) is 0.605. The summed E-state index contributed by atoms with van der Waals surface area (Å²) in [5.74, 6) is 2.52. The maximum absolute atomic E-state index is 11.7. The molecular weight excluding hydrogens is 222 g/mol. The van der Waals surface area contributed by atoms with Gasteiger partial charge < -0.3 is 0 Å². The van der Waals surface area contributed by atoms with Crippen molar-refractivity contribution in [1.82, 2.24) is 4.72 Å². The lowest BCUT2D eigenvalue weighted by Gasteiger charge is -2.05. The molecule has 1 N–H and O–H groups in total. The van der Waals surface area contributed by atoms with Gasteiger partial charge in [0.1, 0.15) is 0 Å². The first kappa shape index (κ1) is 12.8. The lowest BCUT2D eigenvalue weighted by Crippen LogP contribution is -2.24. The summed E-state index contributed by atoms with van der Waals surface area (Å²) in [6.07, 6.45) is 7.39. The zero-order valence-corrected chi connectivity index (χ0v) is 9.83. The molecule has 86 valence electrons. The van der Waals surface area contributed by atoms with Gasteiger partial charge in [0, 0.05) is 13.0 Å². The summed E-state index contributed by atoms with van der Waals surface area (Å²) in [5.41, 5.74) is 0. The van der Waals surface area contributed by atoms with Crippen molar-refractivity contribution in [1.29, 1.82) is 0 Å². The molecule has 1 rings (SSSR count). The van der Waals surface area contributed by atoms with E-state index in [-0.39, 0.29) is 0 Å². The molecule has 0 saturated carbocycles. The van der Waals surface area contributed by atoms with Crippen LogP contribution in [-0.2, 0) is 10.0 Å². The zero-order valence-electron chi connectivity index (χ0n) is 9.02. The van der Waals surface area contributed by atoms with E-state index in [1.54, 1.807) is 30.3 Å². The summed E-state index contributed by atoms with van der Waals surface area (Å²) >= 11 is 0. The van der Waals surface area contributed by atoms with Gasteiger partial charge in [0.25, 0.3) is 0 Å². The van der Waals surface area contributed by atoms with Gasteiger partial charge in [-0.3, -0.25) is 0 Å². The van der Waals surface area contributed by atoms with Crippen molar-refractivity contribution in [3.8, 4) is 12.3 Å². The molecule has 0 bridgehead atoms. The number of hydrogen-bond donors (Lipinski definition) is 1. The number of sulfonamides is 1. The normalized spacial score (nSPS) is 10.9. The number of terminal acetylenes is 1. The molecule has 1 aromatic rings.